The molecule has 0 bridgehead atoms. The van der Waals surface area contributed by atoms with E-state index in [9.17, 15) is 13.2 Å². The molecule has 3 aromatic heterocycles. The Balaban J connectivity index is 1.54. The Kier molecular flexibility index (Phi) is 6.27. The van der Waals surface area contributed by atoms with Gasteiger partial charge in [0.2, 0.25) is 0 Å². The zero-order chi connectivity index (χ0) is 23.8. The number of pyridine rings is 2. The van der Waals surface area contributed by atoms with E-state index in [0.717, 1.165) is 39.5 Å². The Morgan fingerprint density at radius 2 is 1.91 bits per heavy atom. The molecule has 0 amide bonds. The number of nitrogens with two attached hydrogens (primary N) is 1. The highest BCUT2D eigenvalue weighted by Gasteiger charge is 2.35. The molecule has 0 unspecified atom stereocenters. The lowest BCUT2D eigenvalue weighted by molar-refractivity contribution is -0.138. The molecule has 4 aromatic rings. The molecule has 3 N–H and O–H groups in total. The minimum absolute atomic E-state index is 0.0393. The number of hydrogen-bond donors (Lipinski definition) is 2. The number of halogens is 4. The Labute approximate surface area is 193 Å². The van der Waals surface area contributed by atoms with Crippen molar-refractivity contribution in [2.24, 2.45) is 0 Å². The van der Waals surface area contributed by atoms with Crippen molar-refractivity contribution in [2.45, 2.75) is 39.7 Å². The molecule has 0 aliphatic heterocycles. The normalized spacial score (nSPS) is 11.9. The van der Waals surface area contributed by atoms with Crippen molar-refractivity contribution in [3.05, 3.63) is 81.4 Å². The van der Waals surface area contributed by atoms with Crippen LogP contribution in [-0.4, -0.2) is 19.7 Å². The molecule has 1 aromatic carbocycles. The van der Waals surface area contributed by atoms with Crippen molar-refractivity contribution >= 4 is 28.3 Å². The molecular formula is C23H22ClF3N6. The summed E-state index contributed by atoms with van der Waals surface area (Å²) in [6.07, 6.45) is -1.92. The minimum Gasteiger partial charge on any atom is -0.384 e. The molecule has 6 nitrogen and oxygen atoms in total. The predicted octanol–water partition coefficient (Wildman–Crippen LogP) is 5.04. The van der Waals surface area contributed by atoms with Gasteiger partial charge < -0.3 is 11.1 Å². The van der Waals surface area contributed by atoms with E-state index in [1.165, 1.54) is 4.68 Å². The van der Waals surface area contributed by atoms with Crippen molar-refractivity contribution < 1.29 is 13.2 Å². The van der Waals surface area contributed by atoms with E-state index < -0.39 is 11.7 Å². The lowest BCUT2D eigenvalue weighted by atomic mass is 10.1. The van der Waals surface area contributed by atoms with Gasteiger partial charge in [-0.1, -0.05) is 17.7 Å². The van der Waals surface area contributed by atoms with Crippen molar-refractivity contribution in [2.75, 3.05) is 5.73 Å². The summed E-state index contributed by atoms with van der Waals surface area (Å²) in [5.41, 5.74) is 9.04. The number of hydrogen-bond acceptors (Lipinski definition) is 5. The largest absolute Gasteiger partial charge is 0.419 e. The third-order valence-corrected chi connectivity index (χ3v) is 5.58. The molecule has 0 fully saturated rings. The maximum absolute atomic E-state index is 13.6. The standard InChI is InChI=1S/C23H22ClF3N6/c1-13-5-22(28)31-14(2)18(13)9-29-10-21-19(23(25,26)27)12-33(32-21)11-15-3-4-20-16(6-15)7-17(24)8-30-20/h3-8,12,29H,9-11H2,1-2H3,(H2,28,31). The van der Waals surface area contributed by atoms with Crippen LogP contribution in [0.25, 0.3) is 10.9 Å². The molecule has 0 saturated carbocycles. The SMILES string of the molecule is Cc1cc(N)nc(C)c1CNCc1nn(Cc2ccc3ncc(Cl)cc3c2)cc1C(F)(F)F. The number of anilines is 1. The third kappa shape index (κ3) is 5.26. The van der Waals surface area contributed by atoms with Crippen molar-refractivity contribution in [1.82, 2.24) is 25.1 Å². The van der Waals surface area contributed by atoms with Gasteiger partial charge in [0.05, 0.1) is 28.3 Å². The zero-order valence-corrected chi connectivity index (χ0v) is 18.8. The number of nitrogens with one attached hydrogen (secondary N) is 1. The van der Waals surface area contributed by atoms with Crippen LogP contribution < -0.4 is 11.1 Å². The van der Waals surface area contributed by atoms with Crippen LogP contribution >= 0.6 is 11.6 Å². The first-order valence-electron chi connectivity index (χ1n) is 10.2. The number of nitrogen functional groups attached to an aromatic ring is 1. The van der Waals surface area contributed by atoms with Crippen LogP contribution in [-0.2, 0) is 25.8 Å². The van der Waals surface area contributed by atoms with Crippen LogP contribution in [0.15, 0.2) is 42.7 Å². The Hall–Kier alpha value is -3.17. The molecule has 10 heteroatoms. The molecule has 172 valence electrons. The molecule has 4 rings (SSSR count). The Morgan fingerprint density at radius 3 is 2.64 bits per heavy atom. The highest BCUT2D eigenvalue weighted by Crippen LogP contribution is 2.32. The highest BCUT2D eigenvalue weighted by molar-refractivity contribution is 6.31. The first-order valence-corrected chi connectivity index (χ1v) is 10.6. The van der Waals surface area contributed by atoms with Gasteiger partial charge in [0.1, 0.15) is 5.82 Å². The highest BCUT2D eigenvalue weighted by atomic mass is 35.5. The second-order valence-corrected chi connectivity index (χ2v) is 8.33. The summed E-state index contributed by atoms with van der Waals surface area (Å²) >= 11 is 6.00. The smallest absolute Gasteiger partial charge is 0.384 e. The molecule has 0 saturated heterocycles. The van der Waals surface area contributed by atoms with Gasteiger partial charge in [-0.2, -0.15) is 18.3 Å². The second-order valence-electron chi connectivity index (χ2n) is 7.90. The topological polar surface area (TPSA) is 81.6 Å². The summed E-state index contributed by atoms with van der Waals surface area (Å²) in [4.78, 5) is 8.45. The van der Waals surface area contributed by atoms with Gasteiger partial charge in [0.15, 0.2) is 0 Å². The number of alkyl halides is 3. The van der Waals surface area contributed by atoms with Gasteiger partial charge in [-0.25, -0.2) is 4.98 Å². The number of nitrogens with zero attached hydrogens (tertiary/aromatic N) is 4. The van der Waals surface area contributed by atoms with E-state index in [-0.39, 0.29) is 18.8 Å². The maximum atomic E-state index is 13.6. The minimum atomic E-state index is -4.51. The van der Waals surface area contributed by atoms with Gasteiger partial charge in [0.25, 0.3) is 0 Å². The fourth-order valence-corrected chi connectivity index (χ4v) is 3.98. The summed E-state index contributed by atoms with van der Waals surface area (Å²) in [5, 5.41) is 8.58. The zero-order valence-electron chi connectivity index (χ0n) is 18.0. The fraction of sp³-hybridized carbons (Fsp3) is 0.261. The van der Waals surface area contributed by atoms with Crippen molar-refractivity contribution in [3.8, 4) is 0 Å². The summed E-state index contributed by atoms with van der Waals surface area (Å²) < 4.78 is 42.3. The molecule has 0 aliphatic carbocycles. The fourth-order valence-electron chi connectivity index (χ4n) is 3.81. The van der Waals surface area contributed by atoms with Crippen LogP contribution in [0, 0.1) is 13.8 Å². The molecular weight excluding hydrogens is 453 g/mol. The van der Waals surface area contributed by atoms with Gasteiger partial charge in [-0.05, 0) is 54.8 Å². The average Bonchev–Trinajstić information content (AvgIpc) is 3.12. The first kappa shape index (κ1) is 23.0. The van der Waals surface area contributed by atoms with Crippen LogP contribution in [0.5, 0.6) is 0 Å². The summed E-state index contributed by atoms with van der Waals surface area (Å²) in [5.74, 6) is 0.415. The molecule has 33 heavy (non-hydrogen) atoms. The molecule has 0 spiro atoms. The number of benzene rings is 1. The van der Waals surface area contributed by atoms with Gasteiger partial charge in [-0.15, -0.1) is 0 Å². The summed E-state index contributed by atoms with van der Waals surface area (Å²) in [6.45, 7) is 4.22. The average molecular weight is 475 g/mol. The van der Waals surface area contributed by atoms with E-state index in [0.29, 0.717) is 17.4 Å². The Bertz CT molecular complexity index is 1290. The predicted molar refractivity (Wildman–Crippen MR) is 122 cm³/mol. The Morgan fingerprint density at radius 1 is 1.12 bits per heavy atom. The van der Waals surface area contributed by atoms with Crippen LogP contribution in [0.3, 0.4) is 0 Å². The number of aryl methyl sites for hydroxylation is 2. The van der Waals surface area contributed by atoms with Gasteiger partial charge >= 0.3 is 6.18 Å². The van der Waals surface area contributed by atoms with E-state index in [2.05, 4.69) is 20.4 Å². The van der Waals surface area contributed by atoms with E-state index in [1.54, 1.807) is 18.3 Å². The van der Waals surface area contributed by atoms with E-state index >= 15 is 0 Å². The third-order valence-electron chi connectivity index (χ3n) is 5.37. The summed E-state index contributed by atoms with van der Waals surface area (Å²) in [7, 11) is 0. The van der Waals surface area contributed by atoms with Crippen LogP contribution in [0.2, 0.25) is 5.02 Å². The van der Waals surface area contributed by atoms with E-state index in [4.69, 9.17) is 17.3 Å². The van der Waals surface area contributed by atoms with Crippen molar-refractivity contribution in [1.29, 1.82) is 0 Å². The monoisotopic (exact) mass is 474 g/mol. The van der Waals surface area contributed by atoms with Crippen LogP contribution in [0.4, 0.5) is 19.0 Å². The lowest BCUT2D eigenvalue weighted by Gasteiger charge is -2.12. The van der Waals surface area contributed by atoms with Crippen molar-refractivity contribution in [3.63, 3.8) is 0 Å². The molecule has 0 radical (unpaired) electrons. The van der Waals surface area contributed by atoms with Gasteiger partial charge in [-0.3, -0.25) is 9.67 Å². The van der Waals surface area contributed by atoms with E-state index in [1.807, 2.05) is 32.0 Å². The maximum Gasteiger partial charge on any atom is 0.419 e. The molecule has 0 aliphatic rings. The number of fused-ring (bicyclic) bond motifs is 1. The van der Waals surface area contributed by atoms with Gasteiger partial charge in [0, 0.05) is 36.6 Å². The quantitative estimate of drug-likeness (QED) is 0.409. The first-order chi connectivity index (χ1) is 15.6. The lowest BCUT2D eigenvalue weighted by Crippen LogP contribution is -2.18. The second kappa shape index (κ2) is 8.99. The molecule has 3 heterocycles. The molecule has 0 atom stereocenters. The summed E-state index contributed by atoms with van der Waals surface area (Å²) in [6, 6.07) is 8.98. The number of aromatic nitrogens is 4. The van der Waals surface area contributed by atoms with Crippen LogP contribution in [0.1, 0.15) is 33.6 Å². The number of rotatable bonds is 6.